The highest BCUT2D eigenvalue weighted by atomic mass is 16.6. The van der Waals surface area contributed by atoms with Crippen molar-refractivity contribution >= 4 is 30.3 Å². The predicted octanol–water partition coefficient (Wildman–Crippen LogP) is 4.82. The van der Waals surface area contributed by atoms with E-state index in [-0.39, 0.29) is 31.2 Å². The molecule has 4 amide bonds. The van der Waals surface area contributed by atoms with Gasteiger partial charge in [0.15, 0.2) is 6.10 Å². The average molecular weight is 809 g/mol. The number of carbonyl (C=O) groups excluding carboxylic acids is 5. The van der Waals surface area contributed by atoms with E-state index in [0.717, 1.165) is 75.2 Å². The van der Waals surface area contributed by atoms with Gasteiger partial charge in [0, 0.05) is 31.0 Å². The Morgan fingerprint density at radius 3 is 1.55 bits per heavy atom. The molecule has 5 rings (SSSR count). The first kappa shape index (κ1) is 49.1. The Morgan fingerprint density at radius 1 is 0.724 bits per heavy atom. The summed E-state index contributed by atoms with van der Waals surface area (Å²) in [5.74, 6) is -0.752. The maximum atomic E-state index is 11.9. The van der Waals surface area contributed by atoms with E-state index >= 15 is 0 Å². The Bertz CT molecular complexity index is 1530. The molecule has 3 fully saturated rings. The summed E-state index contributed by atoms with van der Waals surface area (Å²) in [5, 5.41) is 30.2. The summed E-state index contributed by atoms with van der Waals surface area (Å²) in [6.45, 7) is 12.6. The summed E-state index contributed by atoms with van der Waals surface area (Å²) in [6.07, 6.45) is 7.76. The molecule has 3 aliphatic carbocycles. The zero-order valence-corrected chi connectivity index (χ0v) is 34.1. The van der Waals surface area contributed by atoms with Crippen molar-refractivity contribution in [2.75, 3.05) is 0 Å². The van der Waals surface area contributed by atoms with Crippen LogP contribution >= 0.6 is 0 Å². The lowest BCUT2D eigenvalue weighted by Gasteiger charge is -2.23. The number of benzene rings is 2. The van der Waals surface area contributed by atoms with Crippen molar-refractivity contribution in [3.8, 4) is 0 Å². The molecule has 2 unspecified atom stereocenters. The number of aliphatic hydroxyl groups is 2. The van der Waals surface area contributed by atoms with E-state index in [2.05, 4.69) is 26.1 Å². The van der Waals surface area contributed by atoms with E-state index in [1.54, 1.807) is 0 Å². The highest BCUT2D eigenvalue weighted by Gasteiger charge is 2.32. The molecule has 0 aromatic heterocycles. The Balaban J connectivity index is 0.000000292. The van der Waals surface area contributed by atoms with E-state index in [0.29, 0.717) is 25.3 Å². The standard InChI is InChI=1S/C17H24N2O4.C13H17NO3.C9H18N2O2.C4H5N/c1-2-6-14(15(20)16(21)18-13-9-10-13)19-17(22)23-11-12-7-4-3-5-8-12;1-2-6-12(9-15)14-13(16)17-10-11-7-4-3-5-8-11;1-2-3-7(10)8(12)9(13)11-6-4-5-6;1-5-4-2-3-4/h3-5,7-8,13-15,20H,2,6,9-11H2,1H3,(H,18,21)(H,19,22);3-5,7-9,12H,2,6,10H2,1H3,(H,14,16);6-8,12H,2-5,10H2,1H3,(H,11,13);4H,2-3H2/t14-,15?;12-;7-,8?;/m000./s1. The lowest BCUT2D eigenvalue weighted by atomic mass is 10.1. The van der Waals surface area contributed by atoms with Crippen LogP contribution in [0.4, 0.5) is 9.59 Å². The van der Waals surface area contributed by atoms with Crippen LogP contribution in [0.15, 0.2) is 60.7 Å². The van der Waals surface area contributed by atoms with Crippen LogP contribution in [-0.4, -0.2) is 89.0 Å². The van der Waals surface area contributed by atoms with E-state index in [1.807, 2.05) is 81.4 Å². The second-order valence-corrected chi connectivity index (χ2v) is 14.6. The Hall–Kier alpha value is -5.04. The molecule has 0 saturated heterocycles. The molecule has 320 valence electrons. The normalized spacial score (nSPS) is 16.4. The van der Waals surface area contributed by atoms with Crippen LogP contribution in [0.3, 0.4) is 0 Å². The third-order valence-corrected chi connectivity index (χ3v) is 8.92. The number of aldehydes is 1. The average Bonchev–Trinajstić information content (AvgIpc) is 4.08. The molecule has 8 N–H and O–H groups in total. The van der Waals surface area contributed by atoms with E-state index < -0.39 is 48.4 Å². The van der Waals surface area contributed by atoms with Gasteiger partial charge in [-0.2, -0.15) is 0 Å². The number of nitrogens with two attached hydrogens (primary N) is 1. The Kier molecular flexibility index (Phi) is 24.0. The van der Waals surface area contributed by atoms with Crippen molar-refractivity contribution in [1.82, 2.24) is 21.3 Å². The predicted molar refractivity (Wildman–Crippen MR) is 220 cm³/mol. The molecular formula is C43H64N6O9. The van der Waals surface area contributed by atoms with Crippen LogP contribution in [0.2, 0.25) is 0 Å². The van der Waals surface area contributed by atoms with Gasteiger partial charge in [-0.1, -0.05) is 101 Å². The summed E-state index contributed by atoms with van der Waals surface area (Å²) in [6, 6.07) is 18.1. The van der Waals surface area contributed by atoms with Crippen LogP contribution in [0.1, 0.15) is 109 Å². The molecule has 0 bridgehead atoms. The van der Waals surface area contributed by atoms with Gasteiger partial charge in [0.2, 0.25) is 6.04 Å². The van der Waals surface area contributed by atoms with Crippen molar-refractivity contribution in [3.05, 3.63) is 83.2 Å². The fraction of sp³-hybridized carbons (Fsp3) is 0.581. The van der Waals surface area contributed by atoms with Gasteiger partial charge in [-0.15, -0.1) is 0 Å². The van der Waals surface area contributed by atoms with Gasteiger partial charge in [0.1, 0.15) is 25.6 Å². The number of nitrogens with zero attached hydrogens (tertiary/aromatic N) is 1. The monoisotopic (exact) mass is 808 g/mol. The van der Waals surface area contributed by atoms with Crippen LogP contribution in [0, 0.1) is 6.57 Å². The van der Waals surface area contributed by atoms with Crippen molar-refractivity contribution in [1.29, 1.82) is 0 Å². The summed E-state index contributed by atoms with van der Waals surface area (Å²) < 4.78 is 10.1. The van der Waals surface area contributed by atoms with Crippen LogP contribution in [0.25, 0.3) is 4.85 Å². The first-order valence-electron chi connectivity index (χ1n) is 20.4. The number of hydrogen-bond donors (Lipinski definition) is 7. The molecule has 15 nitrogen and oxygen atoms in total. The molecule has 58 heavy (non-hydrogen) atoms. The second kappa shape index (κ2) is 28.4. The molecule has 3 aliphatic rings. The van der Waals surface area contributed by atoms with Crippen molar-refractivity contribution in [2.24, 2.45) is 5.73 Å². The minimum atomic E-state index is -1.26. The molecule has 2 aromatic carbocycles. The number of nitrogens with one attached hydrogen (secondary N) is 4. The summed E-state index contributed by atoms with van der Waals surface area (Å²) in [5.41, 5.74) is 7.41. The van der Waals surface area contributed by atoms with Crippen LogP contribution in [-0.2, 0) is 37.1 Å². The highest BCUT2D eigenvalue weighted by molar-refractivity contribution is 5.83. The van der Waals surface area contributed by atoms with E-state index in [1.165, 1.54) is 0 Å². The molecule has 15 heteroatoms. The van der Waals surface area contributed by atoms with E-state index in [4.69, 9.17) is 21.8 Å². The second-order valence-electron chi connectivity index (χ2n) is 14.6. The highest BCUT2D eigenvalue weighted by Crippen LogP contribution is 2.22. The molecule has 2 aromatic rings. The van der Waals surface area contributed by atoms with Gasteiger partial charge in [-0.25, -0.2) is 16.2 Å². The number of alkyl carbamates (subject to hydrolysis) is 2. The number of carbonyl (C=O) groups is 5. The molecule has 0 aliphatic heterocycles. The lowest BCUT2D eigenvalue weighted by molar-refractivity contribution is -0.131. The van der Waals surface area contributed by atoms with Crippen LogP contribution < -0.4 is 27.0 Å². The third kappa shape index (κ3) is 22.6. The summed E-state index contributed by atoms with van der Waals surface area (Å²) in [4.78, 5) is 60.3. The zero-order valence-electron chi connectivity index (χ0n) is 34.1. The maximum absolute atomic E-state index is 11.9. The van der Waals surface area contributed by atoms with Gasteiger partial charge in [0.05, 0.1) is 12.1 Å². The zero-order chi connectivity index (χ0) is 42.7. The molecule has 0 spiro atoms. The van der Waals surface area contributed by atoms with Crippen LogP contribution in [0.5, 0.6) is 0 Å². The fourth-order valence-electron chi connectivity index (χ4n) is 5.04. The first-order valence-corrected chi connectivity index (χ1v) is 20.4. The van der Waals surface area contributed by atoms with Crippen molar-refractivity contribution in [3.63, 3.8) is 0 Å². The number of ether oxygens (including phenoxy) is 2. The molecular weight excluding hydrogens is 745 g/mol. The minimum absolute atomic E-state index is 0.149. The fourth-order valence-corrected chi connectivity index (χ4v) is 5.04. The van der Waals surface area contributed by atoms with Crippen molar-refractivity contribution < 1.29 is 43.7 Å². The lowest BCUT2D eigenvalue weighted by Crippen LogP contribution is -2.51. The molecule has 3 saturated carbocycles. The molecule has 0 radical (unpaired) electrons. The molecule has 5 atom stereocenters. The topological polar surface area (TPSA) is 223 Å². The van der Waals surface area contributed by atoms with Gasteiger partial charge in [0.25, 0.3) is 11.8 Å². The van der Waals surface area contributed by atoms with Gasteiger partial charge < -0.3 is 56.3 Å². The number of amides is 4. The summed E-state index contributed by atoms with van der Waals surface area (Å²) in [7, 11) is 0. The molecule has 0 heterocycles. The first-order chi connectivity index (χ1) is 27.9. The largest absolute Gasteiger partial charge is 0.445 e. The number of hydrogen-bond acceptors (Lipinski definition) is 10. The number of rotatable bonds is 19. The van der Waals surface area contributed by atoms with Gasteiger partial charge >= 0.3 is 12.2 Å². The van der Waals surface area contributed by atoms with Crippen molar-refractivity contribution in [2.45, 2.75) is 159 Å². The minimum Gasteiger partial charge on any atom is -0.445 e. The third-order valence-electron chi connectivity index (χ3n) is 8.92. The van der Waals surface area contributed by atoms with E-state index in [9.17, 15) is 34.2 Å². The number of aliphatic hydroxyl groups excluding tert-OH is 2. The SMILES string of the molecule is CCC[C@@H](C=O)NC(=O)OCc1ccccc1.CCC[C@H](N)C(O)C(=O)NC1CC1.CCC[C@H](NC(=O)OCc1ccccc1)C(O)C(=O)NC1CC1.[C-]#[N+]C1CC1. The smallest absolute Gasteiger partial charge is 0.408 e. The Morgan fingerprint density at radius 2 is 1.17 bits per heavy atom. The summed E-state index contributed by atoms with van der Waals surface area (Å²) >= 11 is 0. The van der Waals surface area contributed by atoms with Gasteiger partial charge in [-0.3, -0.25) is 9.59 Å². The maximum Gasteiger partial charge on any atom is 0.408 e. The Labute approximate surface area is 343 Å². The van der Waals surface area contributed by atoms with Gasteiger partial charge in [-0.05, 0) is 56.1 Å². The quantitative estimate of drug-likeness (QED) is 0.0757.